The summed E-state index contributed by atoms with van der Waals surface area (Å²) < 4.78 is 0. The fourth-order valence-corrected chi connectivity index (χ4v) is 8.64. The number of allylic oxidation sites excluding steroid dienone is 1. The van der Waals surface area contributed by atoms with Crippen LogP contribution in [0.2, 0.25) is 0 Å². The first-order chi connectivity index (χ1) is 26.0. The van der Waals surface area contributed by atoms with Crippen LogP contribution < -0.4 is 4.90 Å². The summed E-state index contributed by atoms with van der Waals surface area (Å²) in [6.07, 6.45) is 1.71. The maximum atomic E-state index is 9.65. The molecule has 10 rings (SSSR count). The molecule has 0 atom stereocenters. The van der Waals surface area contributed by atoms with Crippen LogP contribution in [-0.2, 0) is 0 Å². The van der Waals surface area contributed by atoms with Crippen LogP contribution >= 0.6 is 0 Å². The van der Waals surface area contributed by atoms with Gasteiger partial charge in [0.1, 0.15) is 17.7 Å². The Kier molecular flexibility index (Phi) is 6.74. The summed E-state index contributed by atoms with van der Waals surface area (Å²) in [6, 6.07) is 56.8. The first-order valence-corrected chi connectivity index (χ1v) is 17.9. The number of rotatable bonds is 5. The van der Waals surface area contributed by atoms with Crippen LogP contribution in [0.25, 0.3) is 81.8 Å². The Balaban J connectivity index is 1.43. The second kappa shape index (κ2) is 11.7. The Bertz CT molecular complexity index is 3120. The molecular formula is C50H31N3. The minimum absolute atomic E-state index is 0.0911. The van der Waals surface area contributed by atoms with Crippen molar-refractivity contribution in [2.45, 2.75) is 13.8 Å². The van der Waals surface area contributed by atoms with Crippen molar-refractivity contribution in [1.82, 2.24) is 0 Å². The fraction of sp³-hybridized carbons (Fsp3) is 0.0400. The van der Waals surface area contributed by atoms with Gasteiger partial charge in [0.05, 0.1) is 0 Å². The van der Waals surface area contributed by atoms with Gasteiger partial charge >= 0.3 is 0 Å². The molecule has 0 spiro atoms. The molecule has 0 saturated heterocycles. The van der Waals surface area contributed by atoms with Crippen molar-refractivity contribution in [2.24, 2.45) is 0 Å². The van der Waals surface area contributed by atoms with Gasteiger partial charge in [0.15, 0.2) is 0 Å². The van der Waals surface area contributed by atoms with E-state index in [1.54, 1.807) is 6.08 Å². The van der Waals surface area contributed by atoms with E-state index in [1.165, 1.54) is 70.6 Å². The van der Waals surface area contributed by atoms with Gasteiger partial charge in [0.2, 0.25) is 0 Å². The Hall–Kier alpha value is -7.20. The number of benzene rings is 8. The molecule has 0 saturated carbocycles. The highest BCUT2D eigenvalue weighted by atomic mass is 15.1. The number of hydrogen-bond donors (Lipinski definition) is 0. The quantitative estimate of drug-likeness (QED) is 0.171. The number of nitriles is 2. The lowest BCUT2D eigenvalue weighted by molar-refractivity contribution is 1.28. The third-order valence-corrected chi connectivity index (χ3v) is 10.9. The summed E-state index contributed by atoms with van der Waals surface area (Å²) in [7, 11) is 0. The summed E-state index contributed by atoms with van der Waals surface area (Å²) >= 11 is 0. The zero-order valence-electron chi connectivity index (χ0n) is 29.3. The zero-order chi connectivity index (χ0) is 35.8. The van der Waals surface area contributed by atoms with E-state index in [-0.39, 0.29) is 5.57 Å². The number of hydrogen-bond acceptors (Lipinski definition) is 3. The van der Waals surface area contributed by atoms with E-state index in [4.69, 9.17) is 0 Å². The van der Waals surface area contributed by atoms with E-state index in [1.807, 2.05) is 0 Å². The molecule has 0 unspecified atom stereocenters. The molecule has 3 nitrogen and oxygen atoms in total. The second-order valence-corrected chi connectivity index (χ2v) is 14.0. The third kappa shape index (κ3) is 4.52. The highest BCUT2D eigenvalue weighted by molar-refractivity contribution is 6.48. The van der Waals surface area contributed by atoms with Crippen molar-refractivity contribution >= 4 is 87.8 Å². The average Bonchev–Trinajstić information content (AvgIpc) is 3.71. The van der Waals surface area contributed by atoms with Gasteiger partial charge in [-0.25, -0.2) is 0 Å². The second-order valence-electron chi connectivity index (χ2n) is 14.0. The van der Waals surface area contributed by atoms with Crippen molar-refractivity contribution < 1.29 is 0 Å². The molecule has 0 aliphatic rings. The van der Waals surface area contributed by atoms with Crippen molar-refractivity contribution in [2.75, 3.05) is 4.90 Å². The lowest BCUT2D eigenvalue weighted by Gasteiger charge is -2.27. The SMILES string of the molecule is Cc1ccc(N(c2ccc(C)cc2)c2cc3c(-c4ccccc4)c4c5cccc6c(C=C(C#N)C#N)ccc(c65)c4c4c5ccccc5c(c2)c34)cc1. The number of nitrogens with zero attached hydrogens (tertiary/aromatic N) is 3. The maximum absolute atomic E-state index is 9.65. The molecule has 3 heteroatoms. The minimum Gasteiger partial charge on any atom is -0.310 e. The van der Waals surface area contributed by atoms with E-state index in [0.29, 0.717) is 0 Å². The van der Waals surface area contributed by atoms with Gasteiger partial charge in [-0.15, -0.1) is 0 Å². The number of anilines is 3. The minimum atomic E-state index is 0.0911. The molecule has 246 valence electrons. The van der Waals surface area contributed by atoms with E-state index < -0.39 is 0 Å². The normalized spacial score (nSPS) is 11.5. The molecule has 0 amide bonds. The smallest absolute Gasteiger partial charge is 0.130 e. The predicted octanol–water partition coefficient (Wildman–Crippen LogP) is 13.7. The van der Waals surface area contributed by atoms with Crippen LogP contribution in [0.1, 0.15) is 16.7 Å². The van der Waals surface area contributed by atoms with E-state index >= 15 is 0 Å². The van der Waals surface area contributed by atoms with Crippen LogP contribution in [-0.4, -0.2) is 0 Å². The van der Waals surface area contributed by atoms with Gasteiger partial charge < -0.3 is 4.90 Å². The summed E-state index contributed by atoms with van der Waals surface area (Å²) in [5, 5.41) is 33.7. The molecule has 0 N–H and O–H groups in total. The molecule has 0 aliphatic heterocycles. The topological polar surface area (TPSA) is 50.8 Å². The molecule has 0 fully saturated rings. The van der Waals surface area contributed by atoms with Crippen molar-refractivity contribution in [3.63, 3.8) is 0 Å². The molecular weight excluding hydrogens is 643 g/mol. The van der Waals surface area contributed by atoms with E-state index in [0.717, 1.165) is 39.0 Å². The summed E-state index contributed by atoms with van der Waals surface area (Å²) in [4.78, 5) is 2.38. The van der Waals surface area contributed by atoms with Crippen LogP contribution in [0.3, 0.4) is 0 Å². The van der Waals surface area contributed by atoms with Gasteiger partial charge in [-0.3, -0.25) is 0 Å². The molecule has 53 heavy (non-hydrogen) atoms. The van der Waals surface area contributed by atoms with Gasteiger partial charge in [-0.1, -0.05) is 120 Å². The van der Waals surface area contributed by atoms with Crippen molar-refractivity contribution in [1.29, 1.82) is 10.5 Å². The predicted molar refractivity (Wildman–Crippen MR) is 223 cm³/mol. The zero-order valence-corrected chi connectivity index (χ0v) is 29.3. The standard InChI is InChI=1S/C50H31N3/c1-30-15-20-35(21-16-30)53(36-22-17-31(2)18-23-36)37-26-43-39-11-6-7-12-40(39)48-47(43)44(27-37)45(33-9-4-3-5-10-33)49-41-14-8-13-38-34(25-32(28-51)29-52)19-24-42(46(38)41)50(48)49/h3-27H,1-2H3. The van der Waals surface area contributed by atoms with E-state index in [2.05, 4.69) is 176 Å². The summed E-state index contributed by atoms with van der Waals surface area (Å²) in [5.74, 6) is 0. The molecule has 0 aromatic heterocycles. The largest absolute Gasteiger partial charge is 0.310 e. The Labute approximate surface area is 307 Å². The monoisotopic (exact) mass is 673 g/mol. The molecule has 10 aromatic carbocycles. The van der Waals surface area contributed by atoms with Gasteiger partial charge in [0.25, 0.3) is 0 Å². The number of aryl methyl sites for hydroxylation is 2. The van der Waals surface area contributed by atoms with Gasteiger partial charge in [0, 0.05) is 17.1 Å². The summed E-state index contributed by atoms with van der Waals surface area (Å²) in [5.41, 5.74) is 9.08. The maximum Gasteiger partial charge on any atom is 0.130 e. The third-order valence-electron chi connectivity index (χ3n) is 10.9. The average molecular weight is 674 g/mol. The molecule has 0 radical (unpaired) electrons. The lowest BCUT2D eigenvalue weighted by Crippen LogP contribution is -2.10. The highest BCUT2D eigenvalue weighted by Gasteiger charge is 2.27. The van der Waals surface area contributed by atoms with Crippen LogP contribution in [0, 0.1) is 36.5 Å². The first kappa shape index (κ1) is 30.6. The molecule has 0 aliphatic carbocycles. The first-order valence-electron chi connectivity index (χ1n) is 17.9. The van der Waals surface area contributed by atoms with Crippen LogP contribution in [0.4, 0.5) is 17.1 Å². The van der Waals surface area contributed by atoms with E-state index in [9.17, 15) is 10.5 Å². The van der Waals surface area contributed by atoms with Crippen LogP contribution in [0.5, 0.6) is 0 Å². The lowest BCUT2D eigenvalue weighted by atomic mass is 9.90. The number of fused-ring (bicyclic) bond motifs is 7. The molecule has 0 heterocycles. The highest BCUT2D eigenvalue weighted by Crippen LogP contribution is 2.54. The Morgan fingerprint density at radius 2 is 1.02 bits per heavy atom. The van der Waals surface area contributed by atoms with Crippen molar-refractivity contribution in [3.8, 4) is 23.3 Å². The molecule has 10 aromatic rings. The molecule has 0 bridgehead atoms. The van der Waals surface area contributed by atoms with Gasteiger partial charge in [-0.2, -0.15) is 10.5 Å². The summed E-state index contributed by atoms with van der Waals surface area (Å²) in [6.45, 7) is 4.26. The Morgan fingerprint density at radius 3 is 1.70 bits per heavy atom. The van der Waals surface area contributed by atoms with Gasteiger partial charge in [-0.05, 0) is 138 Å². The Morgan fingerprint density at radius 1 is 0.453 bits per heavy atom. The van der Waals surface area contributed by atoms with Crippen molar-refractivity contribution in [3.05, 3.63) is 168 Å². The fourth-order valence-electron chi connectivity index (χ4n) is 8.64. The van der Waals surface area contributed by atoms with Crippen LogP contribution in [0.15, 0.2) is 151 Å².